The highest BCUT2D eigenvalue weighted by Gasteiger charge is 2.08. The summed E-state index contributed by atoms with van der Waals surface area (Å²) in [6.45, 7) is 1.33. The number of aromatic nitrogens is 3. The van der Waals surface area contributed by atoms with E-state index in [1.807, 2.05) is 0 Å². The standard InChI is InChI=1S/C17H17N3O5/c1-23-6-7-24-10-13-9-16(19-11-18-13)25-14-2-3-15-12(8-14)4-5-20(15)17(21)22/h2-5,8-9,11H,6-7,10H2,1H3,(H,21,22). The molecule has 0 bridgehead atoms. The molecule has 8 heteroatoms. The molecule has 0 saturated carbocycles. The summed E-state index contributed by atoms with van der Waals surface area (Å²) in [5.41, 5.74) is 1.29. The van der Waals surface area contributed by atoms with Gasteiger partial charge in [0.2, 0.25) is 5.88 Å². The molecule has 1 aromatic carbocycles. The monoisotopic (exact) mass is 343 g/mol. The van der Waals surface area contributed by atoms with Gasteiger partial charge in [-0.3, -0.25) is 4.57 Å². The predicted molar refractivity (Wildman–Crippen MR) is 89.0 cm³/mol. The van der Waals surface area contributed by atoms with Crippen molar-refractivity contribution in [3.05, 3.63) is 48.5 Å². The number of nitrogens with zero attached hydrogens (tertiary/aromatic N) is 3. The molecule has 130 valence electrons. The van der Waals surface area contributed by atoms with Crippen LogP contribution in [0.4, 0.5) is 4.79 Å². The van der Waals surface area contributed by atoms with Gasteiger partial charge in [0.1, 0.15) is 12.1 Å². The van der Waals surface area contributed by atoms with Crippen LogP contribution in [0, 0.1) is 0 Å². The van der Waals surface area contributed by atoms with Crippen molar-refractivity contribution in [1.29, 1.82) is 0 Å². The Bertz CT molecular complexity index is 878. The van der Waals surface area contributed by atoms with E-state index in [1.54, 1.807) is 37.4 Å². The van der Waals surface area contributed by atoms with Crippen LogP contribution >= 0.6 is 0 Å². The molecular formula is C17H17N3O5. The van der Waals surface area contributed by atoms with Gasteiger partial charge in [-0.15, -0.1) is 0 Å². The second-order valence-electron chi connectivity index (χ2n) is 5.18. The SMILES string of the molecule is COCCOCc1cc(Oc2ccc3c(ccn3C(=O)O)c2)ncn1. The Morgan fingerprint density at radius 1 is 1.20 bits per heavy atom. The molecule has 0 amide bonds. The van der Waals surface area contributed by atoms with E-state index >= 15 is 0 Å². The van der Waals surface area contributed by atoms with Gasteiger partial charge in [0.05, 0.1) is 31.0 Å². The van der Waals surface area contributed by atoms with Crippen LogP contribution in [0.1, 0.15) is 5.69 Å². The molecule has 8 nitrogen and oxygen atoms in total. The maximum atomic E-state index is 11.1. The Labute approximate surface area is 143 Å². The van der Waals surface area contributed by atoms with Crippen molar-refractivity contribution < 1.29 is 24.1 Å². The number of fused-ring (bicyclic) bond motifs is 1. The van der Waals surface area contributed by atoms with Crippen LogP contribution < -0.4 is 4.74 Å². The van der Waals surface area contributed by atoms with E-state index in [2.05, 4.69) is 9.97 Å². The molecule has 1 N–H and O–H groups in total. The fourth-order valence-corrected chi connectivity index (χ4v) is 2.30. The Morgan fingerprint density at radius 2 is 2.08 bits per heavy atom. The van der Waals surface area contributed by atoms with Gasteiger partial charge in [0.25, 0.3) is 0 Å². The third-order valence-corrected chi connectivity index (χ3v) is 3.47. The number of carboxylic acid groups (broad SMARTS) is 1. The summed E-state index contributed by atoms with van der Waals surface area (Å²) in [6.07, 6.45) is 1.87. The molecule has 0 aliphatic rings. The number of hydrogen-bond acceptors (Lipinski definition) is 6. The van der Waals surface area contributed by atoms with Gasteiger partial charge in [0.15, 0.2) is 0 Å². The van der Waals surface area contributed by atoms with Crippen LogP contribution in [-0.4, -0.2) is 46.1 Å². The summed E-state index contributed by atoms with van der Waals surface area (Å²) in [6, 6.07) is 8.55. The second-order valence-corrected chi connectivity index (χ2v) is 5.18. The second kappa shape index (κ2) is 7.73. The highest BCUT2D eigenvalue weighted by Crippen LogP contribution is 2.25. The summed E-state index contributed by atoms with van der Waals surface area (Å²) < 4.78 is 17.2. The van der Waals surface area contributed by atoms with Crippen molar-refractivity contribution >= 4 is 17.0 Å². The minimum Gasteiger partial charge on any atom is -0.464 e. The van der Waals surface area contributed by atoms with E-state index < -0.39 is 6.09 Å². The van der Waals surface area contributed by atoms with Gasteiger partial charge in [0, 0.05) is 24.8 Å². The third-order valence-electron chi connectivity index (χ3n) is 3.47. The summed E-state index contributed by atoms with van der Waals surface area (Å²) in [4.78, 5) is 19.3. The molecule has 0 radical (unpaired) electrons. The molecule has 0 aliphatic carbocycles. The number of benzene rings is 1. The molecule has 0 spiro atoms. The van der Waals surface area contributed by atoms with Crippen LogP contribution in [0.25, 0.3) is 10.9 Å². The normalized spacial score (nSPS) is 10.9. The maximum absolute atomic E-state index is 11.1. The first-order valence-electron chi connectivity index (χ1n) is 7.57. The summed E-state index contributed by atoms with van der Waals surface area (Å²) in [7, 11) is 1.61. The molecule has 2 aromatic heterocycles. The average Bonchev–Trinajstić information content (AvgIpc) is 3.02. The minimum atomic E-state index is -1.03. The lowest BCUT2D eigenvalue weighted by molar-refractivity contribution is 0.0601. The highest BCUT2D eigenvalue weighted by atomic mass is 16.5. The van der Waals surface area contributed by atoms with Gasteiger partial charge in [-0.1, -0.05) is 0 Å². The zero-order valence-corrected chi connectivity index (χ0v) is 13.6. The minimum absolute atomic E-state index is 0.336. The predicted octanol–water partition coefficient (Wildman–Crippen LogP) is 2.91. The van der Waals surface area contributed by atoms with E-state index in [4.69, 9.17) is 19.3 Å². The van der Waals surface area contributed by atoms with Crippen LogP contribution in [0.2, 0.25) is 0 Å². The fourth-order valence-electron chi connectivity index (χ4n) is 2.30. The van der Waals surface area contributed by atoms with Crippen LogP contribution in [0.5, 0.6) is 11.6 Å². The average molecular weight is 343 g/mol. The molecule has 0 fully saturated rings. The lowest BCUT2D eigenvalue weighted by Gasteiger charge is -2.07. The van der Waals surface area contributed by atoms with E-state index in [1.165, 1.54) is 12.5 Å². The van der Waals surface area contributed by atoms with Crippen LogP contribution in [0.3, 0.4) is 0 Å². The molecular weight excluding hydrogens is 326 g/mol. The van der Waals surface area contributed by atoms with Crippen LogP contribution in [-0.2, 0) is 16.1 Å². The molecule has 3 rings (SSSR count). The van der Waals surface area contributed by atoms with E-state index in [9.17, 15) is 4.79 Å². The molecule has 2 heterocycles. The summed E-state index contributed by atoms with van der Waals surface area (Å²) >= 11 is 0. The number of carbonyl (C=O) groups is 1. The third kappa shape index (κ3) is 4.11. The summed E-state index contributed by atoms with van der Waals surface area (Å²) in [5, 5.41) is 9.87. The highest BCUT2D eigenvalue weighted by molar-refractivity contribution is 5.89. The van der Waals surface area contributed by atoms with Gasteiger partial charge in [-0.05, 0) is 24.3 Å². The molecule has 0 aliphatic heterocycles. The van der Waals surface area contributed by atoms with Crippen molar-refractivity contribution in [3.63, 3.8) is 0 Å². The molecule has 3 aromatic rings. The first-order chi connectivity index (χ1) is 12.2. The molecule has 0 atom stereocenters. The Balaban J connectivity index is 1.71. The maximum Gasteiger partial charge on any atom is 0.415 e. The van der Waals surface area contributed by atoms with Crippen molar-refractivity contribution in [2.45, 2.75) is 6.61 Å². The lowest BCUT2D eigenvalue weighted by atomic mass is 10.2. The van der Waals surface area contributed by atoms with Crippen molar-refractivity contribution in [1.82, 2.24) is 14.5 Å². The zero-order chi connectivity index (χ0) is 17.6. The van der Waals surface area contributed by atoms with Gasteiger partial charge < -0.3 is 19.3 Å². The molecule has 0 unspecified atom stereocenters. The zero-order valence-electron chi connectivity index (χ0n) is 13.6. The van der Waals surface area contributed by atoms with E-state index in [-0.39, 0.29) is 0 Å². The van der Waals surface area contributed by atoms with E-state index in [0.29, 0.717) is 42.7 Å². The van der Waals surface area contributed by atoms with Crippen molar-refractivity contribution in [2.75, 3.05) is 20.3 Å². The Morgan fingerprint density at radius 3 is 2.88 bits per heavy atom. The summed E-state index contributed by atoms with van der Waals surface area (Å²) in [5.74, 6) is 0.943. The first-order valence-corrected chi connectivity index (χ1v) is 7.57. The van der Waals surface area contributed by atoms with Crippen molar-refractivity contribution in [2.24, 2.45) is 0 Å². The van der Waals surface area contributed by atoms with Gasteiger partial charge >= 0.3 is 6.09 Å². The largest absolute Gasteiger partial charge is 0.464 e. The Hall–Kier alpha value is -2.97. The van der Waals surface area contributed by atoms with Crippen molar-refractivity contribution in [3.8, 4) is 11.6 Å². The van der Waals surface area contributed by atoms with E-state index in [0.717, 1.165) is 9.95 Å². The van der Waals surface area contributed by atoms with Gasteiger partial charge in [-0.2, -0.15) is 0 Å². The number of hydrogen-bond donors (Lipinski definition) is 1. The van der Waals surface area contributed by atoms with Crippen LogP contribution in [0.15, 0.2) is 42.9 Å². The lowest BCUT2D eigenvalue weighted by Crippen LogP contribution is -2.05. The number of methoxy groups -OCH3 is 1. The Kier molecular flexibility index (Phi) is 5.22. The van der Waals surface area contributed by atoms with Gasteiger partial charge in [-0.25, -0.2) is 14.8 Å². The topological polar surface area (TPSA) is 95.7 Å². The first kappa shape index (κ1) is 16.9. The number of ether oxygens (including phenoxy) is 3. The number of rotatable bonds is 7. The molecule has 25 heavy (non-hydrogen) atoms. The fraction of sp³-hybridized carbons (Fsp3) is 0.235. The quantitative estimate of drug-likeness (QED) is 0.659. The molecule has 0 saturated heterocycles. The smallest absolute Gasteiger partial charge is 0.415 e.